The van der Waals surface area contributed by atoms with Gasteiger partial charge in [-0.3, -0.25) is 9.78 Å². The van der Waals surface area contributed by atoms with Crippen molar-refractivity contribution in [3.63, 3.8) is 0 Å². The molecule has 0 saturated carbocycles. The predicted octanol–water partition coefficient (Wildman–Crippen LogP) is 3.18. The molecule has 0 bridgehead atoms. The molecule has 0 unspecified atom stereocenters. The molecule has 2 N–H and O–H groups in total. The van der Waals surface area contributed by atoms with E-state index in [1.165, 1.54) is 6.20 Å². The van der Waals surface area contributed by atoms with Gasteiger partial charge in [0.05, 0.1) is 26.9 Å². The first kappa shape index (κ1) is 19.9. The number of hydrogen-bond acceptors (Lipinski definition) is 7. The van der Waals surface area contributed by atoms with Gasteiger partial charge in [0.2, 0.25) is 5.75 Å². The summed E-state index contributed by atoms with van der Waals surface area (Å²) < 4.78 is 16.0. The zero-order valence-corrected chi connectivity index (χ0v) is 16.4. The molecule has 0 aliphatic heterocycles. The third kappa shape index (κ3) is 4.92. The first-order chi connectivity index (χ1) is 14.1. The van der Waals surface area contributed by atoms with Gasteiger partial charge in [0.15, 0.2) is 11.5 Å². The molecule has 1 aromatic carbocycles. The van der Waals surface area contributed by atoms with Crippen molar-refractivity contribution in [2.75, 3.05) is 26.6 Å². The van der Waals surface area contributed by atoms with Gasteiger partial charge in [-0.25, -0.2) is 4.98 Å². The van der Waals surface area contributed by atoms with Gasteiger partial charge in [0, 0.05) is 43.0 Å². The number of carbonyl (C=O) groups excluding carboxylic acids is 1. The zero-order chi connectivity index (χ0) is 20.6. The van der Waals surface area contributed by atoms with Crippen LogP contribution >= 0.6 is 0 Å². The second-order valence-corrected chi connectivity index (χ2v) is 6.01. The Morgan fingerprint density at radius 2 is 1.66 bits per heavy atom. The number of nitrogens with one attached hydrogen (secondary N) is 2. The molecule has 2 heterocycles. The fraction of sp³-hybridized carbons (Fsp3) is 0.190. The first-order valence-electron chi connectivity index (χ1n) is 8.84. The van der Waals surface area contributed by atoms with Crippen LogP contribution in [0, 0.1) is 0 Å². The number of pyridine rings is 2. The molecule has 3 rings (SSSR count). The van der Waals surface area contributed by atoms with Gasteiger partial charge >= 0.3 is 0 Å². The zero-order valence-electron chi connectivity index (χ0n) is 16.4. The van der Waals surface area contributed by atoms with E-state index in [1.807, 2.05) is 12.1 Å². The summed E-state index contributed by atoms with van der Waals surface area (Å²) in [5.41, 5.74) is 2.15. The normalized spacial score (nSPS) is 10.2. The summed E-state index contributed by atoms with van der Waals surface area (Å²) in [5.74, 6) is 1.94. The molecule has 3 aromatic rings. The lowest BCUT2D eigenvalue weighted by molar-refractivity contribution is 0.0950. The maximum atomic E-state index is 12.3. The number of aromatic nitrogens is 2. The second kappa shape index (κ2) is 9.41. The molecule has 150 valence electrons. The Morgan fingerprint density at radius 1 is 0.966 bits per heavy atom. The number of methoxy groups -OCH3 is 3. The number of hydrogen-bond donors (Lipinski definition) is 2. The molecule has 8 heteroatoms. The van der Waals surface area contributed by atoms with E-state index in [0.29, 0.717) is 40.9 Å². The molecule has 1 amide bonds. The summed E-state index contributed by atoms with van der Waals surface area (Å²) in [6.45, 7) is 0.423. The minimum absolute atomic E-state index is 0.200. The van der Waals surface area contributed by atoms with Crippen molar-refractivity contribution in [3.05, 3.63) is 66.1 Å². The van der Waals surface area contributed by atoms with Crippen LogP contribution in [0.4, 0.5) is 11.5 Å². The Morgan fingerprint density at radius 3 is 2.21 bits per heavy atom. The first-order valence-corrected chi connectivity index (χ1v) is 8.84. The van der Waals surface area contributed by atoms with Crippen LogP contribution in [0.5, 0.6) is 17.2 Å². The third-order valence-corrected chi connectivity index (χ3v) is 4.17. The number of benzene rings is 1. The van der Waals surface area contributed by atoms with Crippen molar-refractivity contribution in [2.45, 2.75) is 6.54 Å². The molecule has 8 nitrogen and oxygen atoms in total. The van der Waals surface area contributed by atoms with E-state index < -0.39 is 0 Å². The van der Waals surface area contributed by atoms with E-state index in [1.54, 1.807) is 58.0 Å². The largest absolute Gasteiger partial charge is 0.493 e. The summed E-state index contributed by atoms with van der Waals surface area (Å²) in [7, 11) is 4.66. The van der Waals surface area contributed by atoms with Gasteiger partial charge in [-0.15, -0.1) is 0 Å². The molecular weight excluding hydrogens is 372 g/mol. The van der Waals surface area contributed by atoms with Crippen LogP contribution in [0.15, 0.2) is 55.0 Å². The number of ether oxygens (including phenoxy) is 3. The molecule has 2 aromatic heterocycles. The van der Waals surface area contributed by atoms with Crippen molar-refractivity contribution < 1.29 is 19.0 Å². The van der Waals surface area contributed by atoms with Crippen molar-refractivity contribution in [1.82, 2.24) is 15.3 Å². The molecule has 0 radical (unpaired) electrons. The van der Waals surface area contributed by atoms with Crippen LogP contribution in [-0.4, -0.2) is 37.2 Å². The lowest BCUT2D eigenvalue weighted by atomic mass is 10.2. The minimum atomic E-state index is -0.200. The number of carbonyl (C=O) groups is 1. The Kier molecular flexibility index (Phi) is 6.47. The van der Waals surface area contributed by atoms with Crippen LogP contribution in [0.2, 0.25) is 0 Å². The SMILES string of the molecule is COc1cc(Nc2ccc(C(=O)NCc3ccncc3)cn2)cc(OC)c1OC. The van der Waals surface area contributed by atoms with E-state index in [0.717, 1.165) is 5.56 Å². The highest BCUT2D eigenvalue weighted by atomic mass is 16.5. The van der Waals surface area contributed by atoms with Crippen molar-refractivity contribution in [2.24, 2.45) is 0 Å². The van der Waals surface area contributed by atoms with E-state index in [4.69, 9.17) is 14.2 Å². The highest BCUT2D eigenvalue weighted by Crippen LogP contribution is 2.40. The average molecular weight is 394 g/mol. The summed E-state index contributed by atoms with van der Waals surface area (Å²) in [5, 5.41) is 6.02. The highest BCUT2D eigenvalue weighted by Gasteiger charge is 2.14. The van der Waals surface area contributed by atoms with E-state index in [2.05, 4.69) is 20.6 Å². The number of rotatable bonds is 8. The van der Waals surface area contributed by atoms with Crippen molar-refractivity contribution >= 4 is 17.4 Å². The molecule has 0 atom stereocenters. The third-order valence-electron chi connectivity index (χ3n) is 4.17. The molecule has 29 heavy (non-hydrogen) atoms. The van der Waals surface area contributed by atoms with Crippen LogP contribution in [-0.2, 0) is 6.54 Å². The fourth-order valence-corrected chi connectivity index (χ4v) is 2.69. The summed E-state index contributed by atoms with van der Waals surface area (Å²) in [6, 6.07) is 10.7. The number of anilines is 2. The number of nitrogens with zero attached hydrogens (tertiary/aromatic N) is 2. The van der Waals surface area contributed by atoms with E-state index in [-0.39, 0.29) is 5.91 Å². The Labute approximate surface area is 168 Å². The van der Waals surface area contributed by atoms with Gasteiger partial charge < -0.3 is 24.8 Å². The standard InChI is InChI=1S/C21H22N4O4/c1-27-17-10-16(11-18(28-2)20(17)29-3)25-19-5-4-15(13-23-19)21(26)24-12-14-6-8-22-9-7-14/h4-11,13H,12H2,1-3H3,(H,23,25)(H,24,26). The van der Waals surface area contributed by atoms with Gasteiger partial charge in [0.25, 0.3) is 5.91 Å². The minimum Gasteiger partial charge on any atom is -0.493 e. The average Bonchev–Trinajstić information content (AvgIpc) is 2.77. The predicted molar refractivity (Wildman–Crippen MR) is 109 cm³/mol. The van der Waals surface area contributed by atoms with Crippen molar-refractivity contribution in [1.29, 1.82) is 0 Å². The van der Waals surface area contributed by atoms with E-state index in [9.17, 15) is 4.79 Å². The van der Waals surface area contributed by atoms with Crippen molar-refractivity contribution in [3.8, 4) is 17.2 Å². The Balaban J connectivity index is 1.68. The smallest absolute Gasteiger partial charge is 0.253 e. The summed E-state index contributed by atoms with van der Waals surface area (Å²) in [4.78, 5) is 20.6. The Bertz CT molecular complexity index is 937. The molecule has 0 saturated heterocycles. The molecular formula is C21H22N4O4. The van der Waals surface area contributed by atoms with Crippen LogP contribution in [0.1, 0.15) is 15.9 Å². The lowest BCUT2D eigenvalue weighted by Crippen LogP contribution is -2.22. The fourth-order valence-electron chi connectivity index (χ4n) is 2.69. The van der Waals surface area contributed by atoms with Crippen LogP contribution < -0.4 is 24.8 Å². The molecule has 0 aliphatic carbocycles. The second-order valence-electron chi connectivity index (χ2n) is 6.01. The Hall–Kier alpha value is -3.81. The summed E-state index contributed by atoms with van der Waals surface area (Å²) >= 11 is 0. The van der Waals surface area contributed by atoms with Gasteiger partial charge in [0.1, 0.15) is 5.82 Å². The van der Waals surface area contributed by atoms with E-state index >= 15 is 0 Å². The molecule has 0 aliphatic rings. The van der Waals surface area contributed by atoms with Gasteiger partial charge in [-0.2, -0.15) is 0 Å². The lowest BCUT2D eigenvalue weighted by Gasteiger charge is -2.15. The quantitative estimate of drug-likeness (QED) is 0.606. The molecule has 0 spiro atoms. The topological polar surface area (TPSA) is 94.6 Å². The maximum Gasteiger partial charge on any atom is 0.253 e. The maximum absolute atomic E-state index is 12.3. The molecule has 0 fully saturated rings. The monoisotopic (exact) mass is 394 g/mol. The van der Waals surface area contributed by atoms with Crippen LogP contribution in [0.3, 0.4) is 0 Å². The summed E-state index contributed by atoms with van der Waals surface area (Å²) in [6.07, 6.45) is 4.89. The van der Waals surface area contributed by atoms with Gasteiger partial charge in [-0.1, -0.05) is 0 Å². The van der Waals surface area contributed by atoms with Gasteiger partial charge in [-0.05, 0) is 29.8 Å². The number of amides is 1. The highest BCUT2D eigenvalue weighted by molar-refractivity contribution is 5.94. The van der Waals surface area contributed by atoms with Crippen LogP contribution in [0.25, 0.3) is 0 Å².